The summed E-state index contributed by atoms with van der Waals surface area (Å²) in [6.45, 7) is 4.94. The maximum absolute atomic E-state index is 16.0. The maximum Gasteiger partial charge on any atom is 0.410 e. The summed E-state index contributed by atoms with van der Waals surface area (Å²) < 4.78 is 87.2. The van der Waals surface area contributed by atoms with Gasteiger partial charge in [0, 0.05) is 38.8 Å². The van der Waals surface area contributed by atoms with Gasteiger partial charge in [0.1, 0.15) is 38.7 Å². The van der Waals surface area contributed by atoms with E-state index in [4.69, 9.17) is 18.9 Å². The Hall–Kier alpha value is -6.13. The highest BCUT2D eigenvalue weighted by Gasteiger charge is 2.42. The van der Waals surface area contributed by atoms with Crippen LogP contribution in [0.5, 0.6) is 17.2 Å². The number of nitrogens with one attached hydrogen (secondary N) is 1. The van der Waals surface area contributed by atoms with E-state index in [2.05, 4.69) is 20.1 Å². The predicted molar refractivity (Wildman–Crippen MR) is 242 cm³/mol. The lowest BCUT2D eigenvalue weighted by Gasteiger charge is -2.32. The van der Waals surface area contributed by atoms with Gasteiger partial charge in [-0.2, -0.15) is 9.10 Å². The van der Waals surface area contributed by atoms with Crippen LogP contribution >= 0.6 is 0 Å². The third-order valence-electron chi connectivity index (χ3n) is 11.0. The van der Waals surface area contributed by atoms with E-state index >= 15 is 8.42 Å². The van der Waals surface area contributed by atoms with Gasteiger partial charge in [0.15, 0.2) is 0 Å². The number of carbonyl (C=O) groups is 2. The summed E-state index contributed by atoms with van der Waals surface area (Å²) in [6.07, 6.45) is -1.31. The average molecular weight is 947 g/mol. The van der Waals surface area contributed by atoms with Crippen molar-refractivity contribution >= 4 is 37.7 Å². The molecule has 7 rings (SSSR count). The molecule has 3 heterocycles. The third-order valence-corrected chi connectivity index (χ3v) is 14.6. The number of ether oxygens (including phenoxy) is 4. The molecule has 0 bridgehead atoms. The summed E-state index contributed by atoms with van der Waals surface area (Å²) in [5.41, 5.74) is 0.655. The molecule has 66 heavy (non-hydrogen) atoms. The van der Waals surface area contributed by atoms with Crippen LogP contribution in [-0.2, 0) is 49.2 Å². The largest absolute Gasteiger partial charge is 0.497 e. The van der Waals surface area contributed by atoms with Gasteiger partial charge in [0.2, 0.25) is 25.9 Å². The molecule has 2 N–H and O–H groups in total. The summed E-state index contributed by atoms with van der Waals surface area (Å²) in [5, 5.41) is 24.0. The first-order valence-electron chi connectivity index (χ1n) is 21.2. The van der Waals surface area contributed by atoms with E-state index < -0.39 is 59.6 Å². The van der Waals surface area contributed by atoms with Crippen LogP contribution in [0.4, 0.5) is 10.5 Å². The number of carbonyl (C=O) groups excluding carboxylic acids is 2. The van der Waals surface area contributed by atoms with Crippen molar-refractivity contribution in [1.29, 1.82) is 0 Å². The number of sulfonamides is 2. The van der Waals surface area contributed by atoms with Crippen LogP contribution < -0.4 is 23.8 Å². The lowest BCUT2D eigenvalue weighted by molar-refractivity contribution is -0.128. The predicted octanol–water partition coefficient (Wildman–Crippen LogP) is 4.58. The number of nitrogens with zero attached hydrogens (tertiary/aromatic N) is 7. The summed E-state index contributed by atoms with van der Waals surface area (Å²) in [7, 11) is -5.26. The number of hydrogen-bond acceptors (Lipinski definition) is 14. The number of methoxy groups -OCH3 is 3. The highest BCUT2D eigenvalue weighted by molar-refractivity contribution is 7.92. The first-order valence-corrected chi connectivity index (χ1v) is 24.1. The first kappa shape index (κ1) is 47.8. The Labute approximate surface area is 384 Å². The van der Waals surface area contributed by atoms with Crippen molar-refractivity contribution in [2.24, 2.45) is 0 Å². The number of aliphatic hydroxyl groups excluding tert-OH is 1. The van der Waals surface area contributed by atoms with Crippen LogP contribution in [0.15, 0.2) is 94.7 Å². The monoisotopic (exact) mass is 946 g/mol. The molecule has 2 fully saturated rings. The van der Waals surface area contributed by atoms with Crippen LogP contribution in [0.25, 0.3) is 11.4 Å². The average Bonchev–Trinajstić information content (AvgIpc) is 3.96. The second-order valence-electron chi connectivity index (χ2n) is 16.9. The second-order valence-corrected chi connectivity index (χ2v) is 20.5. The Kier molecular flexibility index (Phi) is 14.3. The Bertz CT molecular complexity index is 2700. The summed E-state index contributed by atoms with van der Waals surface area (Å²) >= 11 is 0. The molecule has 352 valence electrons. The van der Waals surface area contributed by atoms with E-state index in [0.29, 0.717) is 34.8 Å². The number of anilines is 1. The maximum atomic E-state index is 16.0. The van der Waals surface area contributed by atoms with Gasteiger partial charge in [0.25, 0.3) is 5.91 Å². The topological polar surface area (TPSA) is 225 Å². The van der Waals surface area contributed by atoms with Crippen LogP contribution in [-0.4, -0.2) is 122 Å². The highest BCUT2D eigenvalue weighted by Crippen LogP contribution is 2.42. The Morgan fingerprint density at radius 2 is 1.36 bits per heavy atom. The number of benzene rings is 4. The molecule has 2 aliphatic rings. The van der Waals surface area contributed by atoms with Crippen molar-refractivity contribution < 1.29 is 50.5 Å². The van der Waals surface area contributed by atoms with Crippen molar-refractivity contribution in [2.45, 2.75) is 87.2 Å². The van der Waals surface area contributed by atoms with Gasteiger partial charge in [0.05, 0.1) is 39.1 Å². The van der Waals surface area contributed by atoms with Gasteiger partial charge in [-0.25, -0.2) is 26.4 Å². The Morgan fingerprint density at radius 1 is 0.803 bits per heavy atom. The second kappa shape index (κ2) is 19.8. The van der Waals surface area contributed by atoms with Crippen LogP contribution in [0.3, 0.4) is 0 Å². The van der Waals surface area contributed by atoms with E-state index in [1.54, 1.807) is 101 Å². The Balaban J connectivity index is 1.43. The fourth-order valence-corrected chi connectivity index (χ4v) is 11.4. The molecule has 0 saturated carbocycles. The number of tetrazole rings is 1. The minimum atomic E-state index is -5.01. The number of rotatable bonds is 16. The molecule has 2 saturated heterocycles. The van der Waals surface area contributed by atoms with E-state index in [9.17, 15) is 23.1 Å². The van der Waals surface area contributed by atoms with Crippen molar-refractivity contribution in [1.82, 2.24) is 34.1 Å². The molecule has 0 spiro atoms. The minimum Gasteiger partial charge on any atom is -0.497 e. The summed E-state index contributed by atoms with van der Waals surface area (Å²) in [4.78, 5) is 29.3. The zero-order valence-corrected chi connectivity index (χ0v) is 39.2. The molecule has 2 amide bonds. The van der Waals surface area contributed by atoms with Crippen LogP contribution in [0.1, 0.15) is 56.7 Å². The minimum absolute atomic E-state index is 0.0499. The van der Waals surface area contributed by atoms with E-state index in [1.807, 2.05) is 0 Å². The normalized spacial score (nSPS) is 17.0. The van der Waals surface area contributed by atoms with Gasteiger partial charge in [-0.3, -0.25) is 4.79 Å². The fourth-order valence-electron chi connectivity index (χ4n) is 7.72. The number of likely N-dealkylation sites (tertiary alicyclic amines) is 1. The fraction of sp³-hybridized carbons (Fsp3) is 0.400. The van der Waals surface area contributed by atoms with E-state index in [1.165, 1.54) is 34.9 Å². The van der Waals surface area contributed by atoms with Crippen molar-refractivity contribution in [3.63, 3.8) is 0 Å². The van der Waals surface area contributed by atoms with E-state index in [0.717, 1.165) is 15.9 Å². The molecule has 4 aromatic carbocycles. The zero-order chi connectivity index (χ0) is 47.4. The van der Waals surface area contributed by atoms with Crippen LogP contribution in [0, 0.1) is 0 Å². The molecular weight excluding hydrogens is 893 g/mol. The number of aliphatic hydroxyl groups is 1. The van der Waals surface area contributed by atoms with Gasteiger partial charge < -0.3 is 33.9 Å². The van der Waals surface area contributed by atoms with Gasteiger partial charge >= 0.3 is 6.09 Å². The molecular formula is C45H54N8O11S2. The number of hydrogen-bond donors (Lipinski definition) is 2. The molecule has 0 aliphatic carbocycles. The molecule has 19 nitrogen and oxygen atoms in total. The molecule has 21 heteroatoms. The lowest BCUT2D eigenvalue weighted by Crippen LogP contribution is -2.45. The third kappa shape index (κ3) is 10.9. The SMILES string of the molecule is COc1ccc(CN(Cc2ccc(OC)cc2)S(=O)(=O)c2c(S(=O)(=O)NC3CCN(C(=O)OC(C)(C)C)C3)ccc(N3CCCC(O)C3=O)c2-c2nnn(Cc3ccc(OC)cc3)n2)cc1. The molecule has 0 radical (unpaired) electrons. The van der Waals surface area contributed by atoms with Crippen molar-refractivity contribution in [3.05, 3.63) is 102 Å². The zero-order valence-electron chi connectivity index (χ0n) is 37.6. The number of aromatic nitrogens is 4. The van der Waals surface area contributed by atoms with Crippen molar-refractivity contribution in [2.75, 3.05) is 45.9 Å². The molecule has 5 aromatic rings. The summed E-state index contributed by atoms with van der Waals surface area (Å²) in [6, 6.07) is 22.2. The van der Waals surface area contributed by atoms with Gasteiger partial charge in [-0.15, -0.1) is 10.2 Å². The molecule has 1 aromatic heterocycles. The smallest absolute Gasteiger partial charge is 0.410 e. The summed E-state index contributed by atoms with van der Waals surface area (Å²) in [5.74, 6) is 0.674. The van der Waals surface area contributed by atoms with Gasteiger partial charge in [-0.05, 0) is 110 Å². The van der Waals surface area contributed by atoms with Crippen LogP contribution in [0.2, 0.25) is 0 Å². The van der Waals surface area contributed by atoms with Crippen molar-refractivity contribution in [3.8, 4) is 28.6 Å². The Morgan fingerprint density at radius 3 is 1.91 bits per heavy atom. The lowest BCUT2D eigenvalue weighted by atomic mass is 10.0. The highest BCUT2D eigenvalue weighted by atomic mass is 32.2. The molecule has 2 aliphatic heterocycles. The van der Waals surface area contributed by atoms with E-state index in [-0.39, 0.29) is 69.2 Å². The van der Waals surface area contributed by atoms with Gasteiger partial charge in [-0.1, -0.05) is 36.4 Å². The standard InChI is InChI=1S/C45H54N8O11S2/c1-45(2,3)64-44(56)50-25-23-33(29-50)48-65(57,58)39-22-21-37(52-24-7-8-38(54)43(52)55)40(42-46-49-53(47-42)28-32-13-19-36(63-6)20-14-32)41(39)66(59,60)51(26-30-9-15-34(61-4)16-10-30)27-31-11-17-35(62-5)18-12-31/h9-22,33,38,48,54H,7-8,23-29H2,1-6H3. The number of piperidine rings is 1. The number of amides is 2. The molecule has 2 atom stereocenters. The quantitative estimate of drug-likeness (QED) is 0.138. The first-order chi connectivity index (χ1) is 31.4. The molecule has 2 unspecified atom stereocenters.